The molecule has 0 atom stereocenters. The van der Waals surface area contributed by atoms with E-state index in [2.05, 4.69) is 15.9 Å². The number of rotatable bonds is 8. The Morgan fingerprint density at radius 2 is 1.65 bits per heavy atom. The summed E-state index contributed by atoms with van der Waals surface area (Å²) in [4.78, 5) is 28.1. The Morgan fingerprint density at radius 1 is 1.00 bits per heavy atom. The smallest absolute Gasteiger partial charge is 0.326 e. The molecule has 0 bridgehead atoms. The highest BCUT2D eigenvalue weighted by Gasteiger charge is 2.21. The van der Waals surface area contributed by atoms with E-state index in [-0.39, 0.29) is 19.0 Å². The Kier molecular flexibility index (Phi) is 7.81. The molecule has 0 aliphatic heterocycles. The molecule has 0 heterocycles. The van der Waals surface area contributed by atoms with Crippen LogP contribution in [0.15, 0.2) is 59.1 Å². The molecule has 0 fully saturated rings. The van der Waals surface area contributed by atoms with Crippen molar-refractivity contribution in [2.45, 2.75) is 13.5 Å². The van der Waals surface area contributed by atoms with E-state index in [0.717, 1.165) is 10.0 Å². The predicted molar refractivity (Wildman–Crippen MR) is 106 cm³/mol. The second-order valence-electron chi connectivity index (χ2n) is 5.92. The number of likely N-dealkylation sites (N-methyl/N-ethyl adjacent to an activating group) is 1. The molecule has 0 aliphatic carbocycles. The molecule has 2 aromatic carbocycles. The van der Waals surface area contributed by atoms with Crippen LogP contribution >= 0.6 is 15.9 Å². The second-order valence-corrected chi connectivity index (χ2v) is 6.83. The summed E-state index contributed by atoms with van der Waals surface area (Å²) in [7, 11) is 1.88. The first-order valence-corrected chi connectivity index (χ1v) is 9.23. The summed E-state index contributed by atoms with van der Waals surface area (Å²) in [5.74, 6) is -0.566. The molecular formula is C20H23BrN2O3. The summed E-state index contributed by atoms with van der Waals surface area (Å²) in [6, 6.07) is 17.1. The van der Waals surface area contributed by atoms with E-state index in [1.165, 1.54) is 4.90 Å². The number of carbonyl (C=O) groups is 2. The van der Waals surface area contributed by atoms with Crippen molar-refractivity contribution in [2.24, 2.45) is 0 Å². The monoisotopic (exact) mass is 418 g/mol. The van der Waals surface area contributed by atoms with Crippen LogP contribution in [0.25, 0.3) is 0 Å². The van der Waals surface area contributed by atoms with Crippen molar-refractivity contribution in [3.05, 3.63) is 64.6 Å². The third kappa shape index (κ3) is 6.28. The Labute approximate surface area is 162 Å². The zero-order valence-corrected chi connectivity index (χ0v) is 16.6. The molecular weight excluding hydrogens is 396 g/mol. The molecule has 2 rings (SSSR count). The van der Waals surface area contributed by atoms with Gasteiger partial charge in [-0.1, -0.05) is 46.3 Å². The standard InChI is InChI=1S/C20H23BrN2O3/c1-3-26-20(25)15-23(18-7-5-4-6-8-18)19(24)14-22(2)13-16-9-11-17(21)12-10-16/h4-12H,3,13-15H2,1-2H3. The molecule has 1 amide bonds. The lowest BCUT2D eigenvalue weighted by Crippen LogP contribution is -2.42. The lowest BCUT2D eigenvalue weighted by molar-refractivity contribution is -0.142. The van der Waals surface area contributed by atoms with Crippen LogP contribution in [-0.2, 0) is 20.9 Å². The minimum absolute atomic E-state index is 0.0944. The predicted octanol–water partition coefficient (Wildman–Crippen LogP) is 3.48. The first-order chi connectivity index (χ1) is 12.5. The topological polar surface area (TPSA) is 49.9 Å². The van der Waals surface area contributed by atoms with Crippen LogP contribution < -0.4 is 4.90 Å². The van der Waals surface area contributed by atoms with E-state index in [4.69, 9.17) is 4.74 Å². The van der Waals surface area contributed by atoms with Crippen molar-refractivity contribution >= 4 is 33.5 Å². The van der Waals surface area contributed by atoms with Crippen LogP contribution in [0.5, 0.6) is 0 Å². The highest BCUT2D eigenvalue weighted by atomic mass is 79.9. The van der Waals surface area contributed by atoms with Crippen molar-refractivity contribution in [1.82, 2.24) is 4.90 Å². The van der Waals surface area contributed by atoms with Gasteiger partial charge in [0.05, 0.1) is 13.2 Å². The van der Waals surface area contributed by atoms with Gasteiger partial charge in [0.25, 0.3) is 0 Å². The largest absolute Gasteiger partial charge is 0.465 e. The average Bonchev–Trinajstić information content (AvgIpc) is 2.62. The van der Waals surface area contributed by atoms with Gasteiger partial charge in [-0.05, 0) is 43.8 Å². The minimum Gasteiger partial charge on any atom is -0.465 e. The molecule has 138 valence electrons. The van der Waals surface area contributed by atoms with Crippen molar-refractivity contribution in [1.29, 1.82) is 0 Å². The summed E-state index contributed by atoms with van der Waals surface area (Å²) < 4.78 is 6.02. The summed E-state index contributed by atoms with van der Waals surface area (Å²) in [6.45, 7) is 2.78. The van der Waals surface area contributed by atoms with Gasteiger partial charge in [0.1, 0.15) is 6.54 Å². The van der Waals surface area contributed by atoms with Crippen molar-refractivity contribution in [3.63, 3.8) is 0 Å². The summed E-state index contributed by atoms with van der Waals surface area (Å²) >= 11 is 3.41. The average molecular weight is 419 g/mol. The van der Waals surface area contributed by atoms with Crippen LogP contribution in [0, 0.1) is 0 Å². The SMILES string of the molecule is CCOC(=O)CN(C(=O)CN(C)Cc1ccc(Br)cc1)c1ccccc1. The van der Waals surface area contributed by atoms with E-state index < -0.39 is 5.97 Å². The highest BCUT2D eigenvalue weighted by molar-refractivity contribution is 9.10. The number of ether oxygens (including phenoxy) is 1. The fraction of sp³-hybridized carbons (Fsp3) is 0.300. The zero-order valence-electron chi connectivity index (χ0n) is 15.0. The Morgan fingerprint density at radius 3 is 2.27 bits per heavy atom. The van der Waals surface area contributed by atoms with Crippen LogP contribution in [0.2, 0.25) is 0 Å². The number of para-hydroxylation sites is 1. The first kappa shape index (κ1) is 20.1. The number of halogens is 1. The maximum Gasteiger partial charge on any atom is 0.326 e. The quantitative estimate of drug-likeness (QED) is 0.615. The first-order valence-electron chi connectivity index (χ1n) is 8.43. The van der Waals surface area contributed by atoms with Crippen LogP contribution in [0.3, 0.4) is 0 Å². The van der Waals surface area contributed by atoms with Gasteiger partial charge in [0.15, 0.2) is 0 Å². The summed E-state index contributed by atoms with van der Waals surface area (Å²) in [5, 5.41) is 0. The molecule has 0 spiro atoms. The molecule has 5 nitrogen and oxygen atoms in total. The lowest BCUT2D eigenvalue weighted by Gasteiger charge is -2.25. The molecule has 0 unspecified atom stereocenters. The van der Waals surface area contributed by atoms with Crippen molar-refractivity contribution < 1.29 is 14.3 Å². The van der Waals surface area contributed by atoms with Gasteiger partial charge >= 0.3 is 5.97 Å². The second kappa shape index (κ2) is 10.1. The van der Waals surface area contributed by atoms with Gasteiger partial charge in [0.2, 0.25) is 5.91 Å². The maximum atomic E-state index is 12.8. The van der Waals surface area contributed by atoms with Crippen molar-refractivity contribution in [3.8, 4) is 0 Å². The molecule has 0 N–H and O–H groups in total. The molecule has 6 heteroatoms. The molecule has 0 aliphatic rings. The summed E-state index contributed by atoms with van der Waals surface area (Å²) in [6.07, 6.45) is 0. The Balaban J connectivity index is 2.05. The number of carbonyl (C=O) groups excluding carboxylic acids is 2. The van der Waals surface area contributed by atoms with E-state index >= 15 is 0 Å². The third-order valence-corrected chi connectivity index (χ3v) is 4.26. The van der Waals surface area contributed by atoms with E-state index in [1.54, 1.807) is 6.92 Å². The number of amides is 1. The fourth-order valence-corrected chi connectivity index (χ4v) is 2.81. The number of anilines is 1. The normalized spacial score (nSPS) is 10.6. The molecule has 0 aromatic heterocycles. The number of hydrogen-bond acceptors (Lipinski definition) is 4. The number of nitrogens with zero attached hydrogens (tertiary/aromatic N) is 2. The van der Waals surface area contributed by atoms with Gasteiger partial charge in [-0.15, -0.1) is 0 Å². The van der Waals surface area contributed by atoms with Crippen LogP contribution in [0.1, 0.15) is 12.5 Å². The lowest BCUT2D eigenvalue weighted by atomic mass is 10.2. The molecule has 26 heavy (non-hydrogen) atoms. The molecule has 0 saturated carbocycles. The summed E-state index contributed by atoms with van der Waals surface area (Å²) in [5.41, 5.74) is 1.79. The third-order valence-electron chi connectivity index (χ3n) is 3.73. The van der Waals surface area contributed by atoms with Gasteiger partial charge in [0, 0.05) is 16.7 Å². The van der Waals surface area contributed by atoms with E-state index in [9.17, 15) is 9.59 Å². The minimum atomic E-state index is -0.416. The van der Waals surface area contributed by atoms with Gasteiger partial charge in [-0.3, -0.25) is 14.5 Å². The Bertz CT molecular complexity index is 720. The van der Waals surface area contributed by atoms with Gasteiger partial charge < -0.3 is 9.64 Å². The maximum absolute atomic E-state index is 12.8. The van der Waals surface area contributed by atoms with Crippen LogP contribution in [-0.4, -0.2) is 43.5 Å². The molecule has 0 saturated heterocycles. The van der Waals surface area contributed by atoms with Gasteiger partial charge in [-0.2, -0.15) is 0 Å². The van der Waals surface area contributed by atoms with Crippen LogP contribution in [0.4, 0.5) is 5.69 Å². The highest BCUT2D eigenvalue weighted by Crippen LogP contribution is 2.15. The number of esters is 1. The zero-order chi connectivity index (χ0) is 18.9. The number of benzene rings is 2. The molecule has 2 aromatic rings. The number of hydrogen-bond donors (Lipinski definition) is 0. The molecule has 0 radical (unpaired) electrons. The van der Waals surface area contributed by atoms with Gasteiger partial charge in [-0.25, -0.2) is 0 Å². The fourth-order valence-electron chi connectivity index (χ4n) is 2.54. The Hall–Kier alpha value is -2.18. The van der Waals surface area contributed by atoms with E-state index in [0.29, 0.717) is 18.8 Å². The van der Waals surface area contributed by atoms with E-state index in [1.807, 2.05) is 66.5 Å². The van der Waals surface area contributed by atoms with Crippen molar-refractivity contribution in [2.75, 3.05) is 31.6 Å².